The first-order chi connectivity index (χ1) is 12.8. The number of nitrogens with zero attached hydrogens (tertiary/aromatic N) is 2. The largest absolute Gasteiger partial charge is 0.490 e. The van der Waals surface area contributed by atoms with Crippen molar-refractivity contribution in [2.75, 3.05) is 20.1 Å². The van der Waals surface area contributed by atoms with Crippen LogP contribution in [0.15, 0.2) is 65.7 Å². The topological polar surface area (TPSA) is 36.9 Å². The van der Waals surface area contributed by atoms with E-state index >= 15 is 0 Å². The van der Waals surface area contributed by atoms with Crippen LogP contribution in [0, 0.1) is 0 Å². The first-order valence-corrected chi connectivity index (χ1v) is 9.58. The lowest BCUT2D eigenvalue weighted by Crippen LogP contribution is -2.48. The molecule has 2 aliphatic rings. The van der Waals surface area contributed by atoms with Gasteiger partial charge in [-0.25, -0.2) is 0 Å². The molecule has 26 heavy (non-hydrogen) atoms. The fourth-order valence-electron chi connectivity index (χ4n) is 3.76. The van der Waals surface area contributed by atoms with E-state index in [9.17, 15) is 0 Å². The number of hydrogen-bond acceptors (Lipinski definition) is 2. The maximum Gasteiger partial charge on any atom is 0.193 e. The van der Waals surface area contributed by atoms with Gasteiger partial charge < -0.3 is 15.0 Å². The summed E-state index contributed by atoms with van der Waals surface area (Å²) in [5.74, 6) is 2.62. The minimum absolute atomic E-state index is 0.296. The quantitative estimate of drug-likeness (QED) is 0.676. The average Bonchev–Trinajstić information content (AvgIpc) is 3.48. The van der Waals surface area contributed by atoms with Gasteiger partial charge in [-0.2, -0.15) is 0 Å². The molecule has 0 radical (unpaired) electrons. The second kappa shape index (κ2) is 7.81. The smallest absolute Gasteiger partial charge is 0.193 e. The van der Waals surface area contributed by atoms with Gasteiger partial charge in [0.05, 0.1) is 0 Å². The molecule has 4 nitrogen and oxygen atoms in total. The van der Waals surface area contributed by atoms with Crippen LogP contribution in [0.4, 0.5) is 0 Å². The van der Waals surface area contributed by atoms with Crippen LogP contribution < -0.4 is 10.1 Å². The lowest BCUT2D eigenvalue weighted by atomic mass is 10.1. The normalized spacial score (nSPS) is 23.6. The van der Waals surface area contributed by atoms with Gasteiger partial charge in [0.2, 0.25) is 0 Å². The molecule has 1 heterocycles. The first-order valence-electron chi connectivity index (χ1n) is 9.58. The molecule has 2 aromatic carbocycles. The Balaban J connectivity index is 1.27. The summed E-state index contributed by atoms with van der Waals surface area (Å²) in [5, 5.41) is 3.66. The highest BCUT2D eigenvalue weighted by atomic mass is 16.5. The molecular weight excluding hydrogens is 322 g/mol. The van der Waals surface area contributed by atoms with Crippen LogP contribution in [0.25, 0.3) is 0 Å². The third-order valence-electron chi connectivity index (χ3n) is 5.33. The minimum Gasteiger partial charge on any atom is -0.490 e. The molecule has 1 aliphatic heterocycles. The molecule has 0 spiro atoms. The van der Waals surface area contributed by atoms with Crippen molar-refractivity contribution < 1.29 is 4.74 Å². The Hall–Kier alpha value is -2.49. The van der Waals surface area contributed by atoms with Gasteiger partial charge in [-0.05, 0) is 24.1 Å². The predicted molar refractivity (Wildman–Crippen MR) is 106 cm³/mol. The molecule has 1 aliphatic carbocycles. The van der Waals surface area contributed by atoms with E-state index in [-0.39, 0.29) is 0 Å². The third-order valence-corrected chi connectivity index (χ3v) is 5.33. The number of hydrogen-bond donors (Lipinski definition) is 1. The van der Waals surface area contributed by atoms with Crippen molar-refractivity contribution in [3.8, 4) is 5.75 Å². The van der Waals surface area contributed by atoms with E-state index < -0.39 is 0 Å². The molecule has 2 aromatic rings. The van der Waals surface area contributed by atoms with Crippen molar-refractivity contribution in [1.82, 2.24) is 10.2 Å². The number of benzene rings is 2. The number of aliphatic imine (C=N–C) groups is 1. The van der Waals surface area contributed by atoms with Crippen LogP contribution >= 0.6 is 0 Å². The second-order valence-electron chi connectivity index (χ2n) is 7.17. The SMILES string of the molecule is CN=C(NC1CC1c1ccccc1)N1CCC(Oc2ccccc2)CC1. The van der Waals surface area contributed by atoms with Gasteiger partial charge in [0, 0.05) is 44.9 Å². The first kappa shape index (κ1) is 17.0. The van der Waals surface area contributed by atoms with Gasteiger partial charge in [-0.15, -0.1) is 0 Å². The van der Waals surface area contributed by atoms with Crippen molar-refractivity contribution >= 4 is 5.96 Å². The van der Waals surface area contributed by atoms with Crippen molar-refractivity contribution in [2.45, 2.75) is 37.3 Å². The highest BCUT2D eigenvalue weighted by Gasteiger charge is 2.39. The number of rotatable bonds is 4. The Morgan fingerprint density at radius 3 is 2.31 bits per heavy atom. The zero-order valence-corrected chi connectivity index (χ0v) is 15.3. The highest BCUT2D eigenvalue weighted by molar-refractivity contribution is 5.80. The van der Waals surface area contributed by atoms with Crippen molar-refractivity contribution in [1.29, 1.82) is 0 Å². The zero-order valence-electron chi connectivity index (χ0n) is 15.3. The van der Waals surface area contributed by atoms with Crippen molar-refractivity contribution in [2.24, 2.45) is 4.99 Å². The summed E-state index contributed by atoms with van der Waals surface area (Å²) < 4.78 is 6.10. The number of nitrogens with one attached hydrogen (secondary N) is 1. The molecule has 0 bridgehead atoms. The summed E-state index contributed by atoms with van der Waals surface area (Å²) in [4.78, 5) is 6.89. The van der Waals surface area contributed by atoms with Gasteiger partial charge in [-0.3, -0.25) is 4.99 Å². The van der Waals surface area contributed by atoms with Gasteiger partial charge in [-0.1, -0.05) is 48.5 Å². The fraction of sp³-hybridized carbons (Fsp3) is 0.409. The summed E-state index contributed by atoms with van der Waals surface area (Å²) in [6.07, 6.45) is 3.55. The van der Waals surface area contributed by atoms with Crippen LogP contribution in [-0.2, 0) is 0 Å². The molecule has 136 valence electrons. The molecule has 4 rings (SSSR count). The molecule has 0 aromatic heterocycles. The molecule has 2 unspecified atom stereocenters. The van der Waals surface area contributed by atoms with E-state index in [0.717, 1.165) is 37.6 Å². The maximum atomic E-state index is 6.10. The maximum absolute atomic E-state index is 6.10. The molecule has 1 N–H and O–H groups in total. The second-order valence-corrected chi connectivity index (χ2v) is 7.17. The standard InChI is InChI=1S/C22H27N3O/c1-23-22(24-21-16-20(21)17-8-4-2-5-9-17)25-14-12-19(13-15-25)26-18-10-6-3-7-11-18/h2-11,19-21H,12-16H2,1H3,(H,23,24). The summed E-state index contributed by atoms with van der Waals surface area (Å²) in [6.45, 7) is 1.97. The Labute approximate surface area is 155 Å². The Bertz CT molecular complexity index is 724. The predicted octanol–water partition coefficient (Wildman–Crippen LogP) is 3.66. The number of piperidine rings is 1. The molecular formula is C22H27N3O. The Kier molecular flexibility index (Phi) is 5.09. The van der Waals surface area contributed by atoms with Crippen LogP contribution in [0.2, 0.25) is 0 Å². The van der Waals surface area contributed by atoms with E-state index in [1.165, 1.54) is 12.0 Å². The fourth-order valence-corrected chi connectivity index (χ4v) is 3.76. The van der Waals surface area contributed by atoms with Crippen LogP contribution in [-0.4, -0.2) is 43.1 Å². The molecule has 2 fully saturated rings. The average molecular weight is 349 g/mol. The highest BCUT2D eigenvalue weighted by Crippen LogP contribution is 2.40. The van der Waals surface area contributed by atoms with E-state index in [1.807, 2.05) is 37.4 Å². The molecule has 2 atom stereocenters. The van der Waals surface area contributed by atoms with E-state index in [4.69, 9.17) is 4.74 Å². The van der Waals surface area contributed by atoms with Crippen molar-refractivity contribution in [3.05, 3.63) is 66.2 Å². The van der Waals surface area contributed by atoms with Crippen LogP contribution in [0.3, 0.4) is 0 Å². The lowest BCUT2D eigenvalue weighted by molar-refractivity contribution is 0.129. The van der Waals surface area contributed by atoms with Gasteiger partial charge in [0.1, 0.15) is 11.9 Å². The van der Waals surface area contributed by atoms with Gasteiger partial charge >= 0.3 is 0 Å². The number of guanidine groups is 1. The molecule has 1 saturated heterocycles. The monoisotopic (exact) mass is 349 g/mol. The van der Waals surface area contributed by atoms with E-state index in [2.05, 4.69) is 45.5 Å². The lowest BCUT2D eigenvalue weighted by Gasteiger charge is -2.34. The minimum atomic E-state index is 0.296. The molecule has 4 heteroatoms. The van der Waals surface area contributed by atoms with Crippen molar-refractivity contribution in [3.63, 3.8) is 0 Å². The summed E-state index contributed by atoms with van der Waals surface area (Å²) >= 11 is 0. The van der Waals surface area contributed by atoms with Gasteiger partial charge in [0.25, 0.3) is 0 Å². The Morgan fingerprint density at radius 2 is 1.65 bits per heavy atom. The third kappa shape index (κ3) is 4.01. The van der Waals surface area contributed by atoms with E-state index in [1.54, 1.807) is 0 Å². The van der Waals surface area contributed by atoms with Crippen LogP contribution in [0.5, 0.6) is 5.75 Å². The van der Waals surface area contributed by atoms with Gasteiger partial charge in [0.15, 0.2) is 5.96 Å². The summed E-state index contributed by atoms with van der Waals surface area (Å²) in [6, 6.07) is 21.4. The summed E-state index contributed by atoms with van der Waals surface area (Å²) in [5.41, 5.74) is 1.43. The van der Waals surface area contributed by atoms with Crippen LogP contribution in [0.1, 0.15) is 30.7 Å². The Morgan fingerprint density at radius 1 is 1.00 bits per heavy atom. The van der Waals surface area contributed by atoms with E-state index in [0.29, 0.717) is 18.1 Å². The number of para-hydroxylation sites is 1. The molecule has 1 saturated carbocycles. The molecule has 0 amide bonds. The number of likely N-dealkylation sites (tertiary alicyclic amines) is 1. The number of ether oxygens (including phenoxy) is 1. The zero-order chi connectivity index (χ0) is 17.8. The summed E-state index contributed by atoms with van der Waals surface area (Å²) in [7, 11) is 1.88.